The molecule has 1 amide bonds. The molecule has 0 bridgehead atoms. The number of carbonyl (C=O) groups excluding carboxylic acids is 1. The van der Waals surface area contributed by atoms with Crippen LogP contribution in [0, 0.1) is 0 Å². The molecule has 0 saturated carbocycles. The molecule has 1 heterocycles. The Morgan fingerprint density at radius 2 is 1.71 bits per heavy atom. The highest BCUT2D eigenvalue weighted by Gasteiger charge is 2.28. The third-order valence-corrected chi connectivity index (χ3v) is 7.51. The number of sulfonamides is 1. The van der Waals surface area contributed by atoms with Gasteiger partial charge >= 0.3 is 0 Å². The van der Waals surface area contributed by atoms with E-state index in [2.05, 4.69) is 15.0 Å². The Balaban J connectivity index is 2.15. The first-order valence-corrected chi connectivity index (χ1v) is 12.7. The number of fused-ring (bicyclic) bond motifs is 1. The van der Waals surface area contributed by atoms with Gasteiger partial charge in [-0.3, -0.25) is 4.79 Å². The second-order valence-electron chi connectivity index (χ2n) is 9.54. The number of thiazole rings is 1. The van der Waals surface area contributed by atoms with Crippen LogP contribution >= 0.6 is 11.3 Å². The van der Waals surface area contributed by atoms with Crippen molar-refractivity contribution in [2.24, 2.45) is 0 Å². The van der Waals surface area contributed by atoms with Crippen LogP contribution in [0.1, 0.15) is 56.5 Å². The maximum atomic E-state index is 13.9. The number of hydrogen-bond acceptors (Lipinski definition) is 6. The summed E-state index contributed by atoms with van der Waals surface area (Å²) < 4.78 is 56.4. The molecular weight excluding hydrogens is 484 g/mol. The fourth-order valence-electron chi connectivity index (χ4n) is 3.30. The molecule has 0 aliphatic heterocycles. The van der Waals surface area contributed by atoms with E-state index < -0.39 is 39.2 Å². The van der Waals surface area contributed by atoms with Crippen molar-refractivity contribution in [2.45, 2.75) is 57.1 Å². The highest BCUT2D eigenvalue weighted by Crippen LogP contribution is 2.41. The molecule has 0 spiro atoms. The summed E-state index contributed by atoms with van der Waals surface area (Å²) in [5, 5.41) is 12.9. The highest BCUT2D eigenvalue weighted by atomic mass is 32.2. The number of halogens is 2. The van der Waals surface area contributed by atoms with Crippen LogP contribution in [0.2, 0.25) is 0 Å². The topological polar surface area (TPSA) is 108 Å². The minimum Gasteiger partial charge on any atom is -0.389 e. The summed E-state index contributed by atoms with van der Waals surface area (Å²) in [4.78, 5) is 16.4. The molecule has 3 rings (SSSR count). The minimum absolute atomic E-state index is 0.0213. The number of nitrogens with one attached hydrogen (secondary N) is 2. The van der Waals surface area contributed by atoms with Gasteiger partial charge in [-0.05, 0) is 46.1 Å². The number of nitrogens with zero attached hydrogens (tertiary/aromatic N) is 1. The Morgan fingerprint density at radius 3 is 2.26 bits per heavy atom. The molecule has 3 N–H and O–H groups in total. The van der Waals surface area contributed by atoms with Crippen molar-refractivity contribution in [3.05, 3.63) is 47.1 Å². The number of amides is 1. The molecule has 0 unspecified atom stereocenters. The number of carbonyl (C=O) groups is 1. The van der Waals surface area contributed by atoms with E-state index in [1.807, 2.05) is 0 Å². The highest BCUT2D eigenvalue weighted by molar-refractivity contribution is 7.89. The molecular formula is C23H27F2N3O4S2. The number of aliphatic hydroxyl groups is 1. The molecule has 0 aliphatic rings. The zero-order valence-corrected chi connectivity index (χ0v) is 21.1. The molecule has 2 aromatic carbocycles. The van der Waals surface area contributed by atoms with Crippen molar-refractivity contribution >= 4 is 38.0 Å². The van der Waals surface area contributed by atoms with Gasteiger partial charge in [0.15, 0.2) is 5.01 Å². The number of hydrogen-bond donors (Lipinski definition) is 3. The Bertz CT molecular complexity index is 1320. The summed E-state index contributed by atoms with van der Waals surface area (Å²) in [6.07, 6.45) is -2.95. The van der Waals surface area contributed by atoms with Crippen LogP contribution in [0.15, 0.2) is 41.3 Å². The molecule has 0 radical (unpaired) electrons. The van der Waals surface area contributed by atoms with Crippen molar-refractivity contribution in [3.8, 4) is 10.4 Å². The molecule has 11 heteroatoms. The first-order chi connectivity index (χ1) is 15.6. The van der Waals surface area contributed by atoms with Crippen molar-refractivity contribution in [1.82, 2.24) is 15.0 Å². The number of alkyl halides is 2. The fourth-order valence-corrected chi connectivity index (χ4v) is 5.96. The zero-order chi connectivity index (χ0) is 25.5. The van der Waals surface area contributed by atoms with Crippen molar-refractivity contribution in [1.29, 1.82) is 0 Å². The summed E-state index contributed by atoms with van der Waals surface area (Å²) in [6, 6.07) is 9.42. The lowest BCUT2D eigenvalue weighted by Gasteiger charge is -2.21. The van der Waals surface area contributed by atoms with Crippen LogP contribution in [0.4, 0.5) is 8.78 Å². The molecule has 1 aromatic heterocycles. The van der Waals surface area contributed by atoms with E-state index in [-0.39, 0.29) is 21.3 Å². The van der Waals surface area contributed by atoms with Crippen LogP contribution in [0.5, 0.6) is 0 Å². The zero-order valence-electron chi connectivity index (χ0n) is 19.4. The lowest BCUT2D eigenvalue weighted by atomic mass is 10.0. The Kier molecular flexibility index (Phi) is 7.14. The van der Waals surface area contributed by atoms with Gasteiger partial charge in [0.1, 0.15) is 5.69 Å². The molecule has 0 aliphatic carbocycles. The van der Waals surface area contributed by atoms with E-state index in [0.29, 0.717) is 16.3 Å². The number of aromatic nitrogens is 1. The van der Waals surface area contributed by atoms with Gasteiger partial charge in [0.05, 0.1) is 15.4 Å². The summed E-state index contributed by atoms with van der Waals surface area (Å²) in [7, 11) is -3.90. The van der Waals surface area contributed by atoms with Crippen LogP contribution in [0.3, 0.4) is 0 Å². The van der Waals surface area contributed by atoms with E-state index >= 15 is 0 Å². The third kappa shape index (κ3) is 5.96. The maximum Gasteiger partial charge on any atom is 0.281 e. The molecule has 7 nitrogen and oxygen atoms in total. The van der Waals surface area contributed by atoms with Gasteiger partial charge in [0.2, 0.25) is 10.0 Å². The van der Waals surface area contributed by atoms with Gasteiger partial charge in [0, 0.05) is 23.0 Å². The third-order valence-electron chi connectivity index (χ3n) is 4.59. The molecule has 184 valence electrons. The monoisotopic (exact) mass is 511 g/mol. The second-order valence-corrected chi connectivity index (χ2v) is 12.2. The average molecular weight is 512 g/mol. The standard InChI is InChI=1S/C23H27F2N3O4S2/c1-22(2,3)28-34(31,32)16-11-10-15(13-8-6-7-9-14(13)16)18-17(19(24)25)27-21(33-18)20(29)26-12-23(4,5)30/h6-11,19,28,30H,12H2,1-5H3,(H,26,29). The molecule has 3 aromatic rings. The molecule has 0 fully saturated rings. The number of rotatable bonds is 7. The minimum atomic E-state index is -3.90. The van der Waals surface area contributed by atoms with Crippen molar-refractivity contribution in [3.63, 3.8) is 0 Å². The first-order valence-electron chi connectivity index (χ1n) is 10.4. The van der Waals surface area contributed by atoms with Crippen LogP contribution in [0.25, 0.3) is 21.2 Å². The summed E-state index contributed by atoms with van der Waals surface area (Å²) in [6.45, 7) is 8.08. The Labute approximate surface area is 201 Å². The van der Waals surface area contributed by atoms with Gasteiger partial charge in [-0.15, -0.1) is 11.3 Å². The molecule has 34 heavy (non-hydrogen) atoms. The van der Waals surface area contributed by atoms with Gasteiger partial charge < -0.3 is 10.4 Å². The second kappa shape index (κ2) is 9.29. The number of benzene rings is 2. The van der Waals surface area contributed by atoms with Crippen molar-refractivity contribution in [2.75, 3.05) is 6.54 Å². The summed E-state index contributed by atoms with van der Waals surface area (Å²) >= 11 is 0.788. The van der Waals surface area contributed by atoms with Gasteiger partial charge in [-0.2, -0.15) is 0 Å². The van der Waals surface area contributed by atoms with E-state index in [0.717, 1.165) is 11.3 Å². The van der Waals surface area contributed by atoms with E-state index in [9.17, 15) is 27.1 Å². The first kappa shape index (κ1) is 26.1. The average Bonchev–Trinajstić information content (AvgIpc) is 3.14. The largest absolute Gasteiger partial charge is 0.389 e. The summed E-state index contributed by atoms with van der Waals surface area (Å²) in [5.74, 6) is -0.682. The van der Waals surface area contributed by atoms with Gasteiger partial charge in [-0.25, -0.2) is 26.9 Å². The van der Waals surface area contributed by atoms with E-state index in [1.165, 1.54) is 26.0 Å². The summed E-state index contributed by atoms with van der Waals surface area (Å²) in [5.41, 5.74) is -2.11. The normalized spacial score (nSPS) is 13.0. The fraction of sp³-hybridized carbons (Fsp3) is 0.391. The molecule has 0 saturated heterocycles. The van der Waals surface area contributed by atoms with Crippen LogP contribution in [-0.4, -0.2) is 42.1 Å². The van der Waals surface area contributed by atoms with Crippen LogP contribution in [-0.2, 0) is 10.0 Å². The quantitative estimate of drug-likeness (QED) is 0.434. The predicted octanol–water partition coefficient (Wildman–Crippen LogP) is 4.48. The van der Waals surface area contributed by atoms with E-state index in [4.69, 9.17) is 0 Å². The smallest absolute Gasteiger partial charge is 0.281 e. The van der Waals surface area contributed by atoms with Gasteiger partial charge in [-0.1, -0.05) is 30.3 Å². The SMILES string of the molecule is CC(C)(O)CNC(=O)c1nc(C(F)F)c(-c2ccc(S(=O)(=O)NC(C)(C)C)c3ccccc23)s1. The Hall–Kier alpha value is -2.47. The lowest BCUT2D eigenvalue weighted by molar-refractivity contribution is 0.0693. The van der Waals surface area contributed by atoms with Crippen molar-refractivity contribution < 1.29 is 27.1 Å². The van der Waals surface area contributed by atoms with E-state index in [1.54, 1.807) is 45.0 Å². The lowest BCUT2D eigenvalue weighted by Crippen LogP contribution is -2.40. The Morgan fingerprint density at radius 1 is 1.09 bits per heavy atom. The predicted molar refractivity (Wildman–Crippen MR) is 129 cm³/mol. The maximum absolute atomic E-state index is 13.9. The molecule has 0 atom stereocenters. The van der Waals surface area contributed by atoms with Gasteiger partial charge in [0.25, 0.3) is 12.3 Å². The van der Waals surface area contributed by atoms with Crippen LogP contribution < -0.4 is 10.0 Å².